The quantitative estimate of drug-likeness (QED) is 0.0214. The van der Waals surface area contributed by atoms with E-state index in [4.69, 9.17) is 17.2 Å². The summed E-state index contributed by atoms with van der Waals surface area (Å²) >= 11 is 1.48. The van der Waals surface area contributed by atoms with Crippen molar-refractivity contribution in [3.8, 4) is 5.75 Å². The molecule has 5 atom stereocenters. The average Bonchev–Trinajstić information content (AvgIpc) is 3.60. The Hall–Kier alpha value is -5.44. The molecule has 1 aromatic heterocycles. The number of benzene rings is 1. The number of aromatic nitrogens is 2. The number of amides is 4. The van der Waals surface area contributed by atoms with E-state index in [1.54, 1.807) is 13.8 Å². The number of phenolic OH excluding ortho intramolecular Hbond substituents is 1. The summed E-state index contributed by atoms with van der Waals surface area (Å²) in [5.41, 5.74) is 16.8. The number of nitro benzene ring substituents is 1. The second-order valence-corrected chi connectivity index (χ2v) is 13.6. The van der Waals surface area contributed by atoms with Crippen LogP contribution in [0.3, 0.4) is 0 Å². The number of aromatic hydroxyl groups is 1. The molecule has 0 bridgehead atoms. The Morgan fingerprint density at radius 1 is 0.962 bits per heavy atom. The number of aliphatic imine (C=N–C) groups is 1. The lowest BCUT2D eigenvalue weighted by Crippen LogP contribution is -2.59. The number of carbonyl (C=O) groups excluding carboxylic acids is 4. The maximum atomic E-state index is 14.0. The fraction of sp³-hybridized carbons (Fsp3) is 0.531. The summed E-state index contributed by atoms with van der Waals surface area (Å²) in [4.78, 5) is 87.5. The van der Waals surface area contributed by atoms with Gasteiger partial charge in [0.1, 0.15) is 24.2 Å². The Kier molecular flexibility index (Phi) is 18.0. The third-order valence-corrected chi connectivity index (χ3v) is 8.43. The van der Waals surface area contributed by atoms with Crippen LogP contribution in [0.25, 0.3) is 0 Å². The lowest BCUT2D eigenvalue weighted by molar-refractivity contribution is -0.385. The summed E-state index contributed by atoms with van der Waals surface area (Å²) in [7, 11) is 0. The van der Waals surface area contributed by atoms with Gasteiger partial charge in [0.25, 0.3) is 0 Å². The number of imidazole rings is 1. The van der Waals surface area contributed by atoms with E-state index in [0.29, 0.717) is 17.9 Å². The third-order valence-electron chi connectivity index (χ3n) is 7.79. The molecule has 1 heterocycles. The van der Waals surface area contributed by atoms with Gasteiger partial charge in [-0.15, -0.1) is 0 Å². The van der Waals surface area contributed by atoms with Crippen molar-refractivity contribution in [3.05, 3.63) is 52.1 Å². The van der Waals surface area contributed by atoms with Crippen molar-refractivity contribution < 1.29 is 39.1 Å². The lowest BCUT2D eigenvalue weighted by atomic mass is 9.99. The predicted octanol–water partition coefficient (Wildman–Crippen LogP) is -0.987. The Bertz CT molecular complexity index is 1590. The highest BCUT2D eigenvalue weighted by Gasteiger charge is 2.33. The fourth-order valence-corrected chi connectivity index (χ4v) is 5.54. The number of carbonyl (C=O) groups is 5. The number of carboxylic acid groups (broad SMARTS) is 1. The van der Waals surface area contributed by atoms with E-state index in [9.17, 15) is 44.3 Å². The number of hydrogen-bond acceptors (Lipinski definition) is 12. The number of phenols is 1. The van der Waals surface area contributed by atoms with Gasteiger partial charge in [0.15, 0.2) is 11.7 Å². The molecule has 4 amide bonds. The predicted molar refractivity (Wildman–Crippen MR) is 196 cm³/mol. The number of aliphatic carboxylic acids is 1. The van der Waals surface area contributed by atoms with Gasteiger partial charge in [0.2, 0.25) is 23.6 Å². The summed E-state index contributed by atoms with van der Waals surface area (Å²) in [6, 6.07) is -2.89. The van der Waals surface area contributed by atoms with E-state index in [1.165, 1.54) is 30.4 Å². The molecule has 292 valence electrons. The Morgan fingerprint density at radius 3 is 2.17 bits per heavy atom. The van der Waals surface area contributed by atoms with E-state index in [-0.39, 0.29) is 56.1 Å². The van der Waals surface area contributed by atoms with E-state index in [0.717, 1.165) is 12.1 Å². The SMILES string of the molecule is CSCC[C@H](N)C(=O)N[C@@H](CCCN=C(N)N)C(=O)N[C@@H](Cc1ccc(O)c([N+](=O)[O-])c1)C(=O)N[C@@H](CC(C)C)C(=O)N[C@@H](Cc1cnc[nH]1)C(=O)O. The maximum Gasteiger partial charge on any atom is 0.326 e. The number of carboxylic acids is 1. The number of thioether (sulfide) groups is 1. The molecule has 13 N–H and O–H groups in total. The number of aromatic amines is 1. The molecule has 0 fully saturated rings. The van der Waals surface area contributed by atoms with Crippen LogP contribution < -0.4 is 38.5 Å². The second kappa shape index (κ2) is 21.8. The number of guanidine groups is 1. The van der Waals surface area contributed by atoms with E-state index in [2.05, 4.69) is 36.2 Å². The van der Waals surface area contributed by atoms with Gasteiger partial charge in [-0.05, 0) is 55.2 Å². The van der Waals surface area contributed by atoms with Crippen LogP contribution in [0, 0.1) is 16.0 Å². The largest absolute Gasteiger partial charge is 0.502 e. The molecule has 0 radical (unpaired) electrons. The number of nitrogens with zero attached hydrogens (tertiary/aromatic N) is 3. The molecule has 53 heavy (non-hydrogen) atoms. The van der Waals surface area contributed by atoms with Gasteiger partial charge < -0.3 is 53.7 Å². The van der Waals surface area contributed by atoms with Gasteiger partial charge in [-0.2, -0.15) is 11.8 Å². The van der Waals surface area contributed by atoms with E-state index < -0.39 is 76.2 Å². The first-order valence-electron chi connectivity index (χ1n) is 16.7. The third kappa shape index (κ3) is 15.4. The first-order valence-corrected chi connectivity index (χ1v) is 18.1. The van der Waals surface area contributed by atoms with Gasteiger partial charge in [0.05, 0.1) is 17.3 Å². The summed E-state index contributed by atoms with van der Waals surface area (Å²) in [5.74, 6) is -4.86. The molecule has 0 unspecified atom stereocenters. The van der Waals surface area contributed by atoms with Gasteiger partial charge >= 0.3 is 11.7 Å². The molecule has 1 aromatic carbocycles. The van der Waals surface area contributed by atoms with Crippen molar-refractivity contribution in [2.24, 2.45) is 28.1 Å². The average molecular weight is 764 g/mol. The maximum absolute atomic E-state index is 14.0. The zero-order chi connectivity index (χ0) is 39.7. The second-order valence-electron chi connectivity index (χ2n) is 12.6. The van der Waals surface area contributed by atoms with Crippen LogP contribution in [0.2, 0.25) is 0 Å². The molecule has 2 rings (SSSR count). The monoisotopic (exact) mass is 763 g/mol. The van der Waals surface area contributed by atoms with Crippen molar-refractivity contribution in [1.29, 1.82) is 0 Å². The van der Waals surface area contributed by atoms with Crippen molar-refractivity contribution in [2.45, 2.75) is 82.6 Å². The van der Waals surface area contributed by atoms with Crippen molar-refractivity contribution in [3.63, 3.8) is 0 Å². The zero-order valence-corrected chi connectivity index (χ0v) is 30.6. The van der Waals surface area contributed by atoms with Gasteiger partial charge in [-0.25, -0.2) is 9.78 Å². The van der Waals surface area contributed by atoms with Gasteiger partial charge in [-0.3, -0.25) is 34.3 Å². The highest BCUT2D eigenvalue weighted by molar-refractivity contribution is 7.98. The van der Waals surface area contributed by atoms with Crippen LogP contribution in [-0.4, -0.2) is 109 Å². The highest BCUT2D eigenvalue weighted by Crippen LogP contribution is 2.27. The van der Waals surface area contributed by atoms with Gasteiger partial charge in [-0.1, -0.05) is 19.9 Å². The molecule has 21 heteroatoms. The van der Waals surface area contributed by atoms with Crippen molar-refractivity contribution in [1.82, 2.24) is 31.2 Å². The zero-order valence-electron chi connectivity index (χ0n) is 29.7. The molecule has 0 aliphatic rings. The number of nitro groups is 1. The highest BCUT2D eigenvalue weighted by atomic mass is 32.2. The summed E-state index contributed by atoms with van der Waals surface area (Å²) in [6.45, 7) is 3.67. The van der Waals surface area contributed by atoms with Crippen molar-refractivity contribution in [2.75, 3.05) is 18.6 Å². The standard InChI is InChI=1S/C32H49N11O9S/c1-17(2)11-22(29(47)42-24(31(49)50)14-19-15-36-16-38-19)40-30(48)23(12-18-6-7-26(44)25(13-18)43(51)52)41-28(46)21(5-4-9-37-32(34)35)39-27(45)20(33)8-10-53-3/h6-7,13,15-17,20-24,44H,4-5,8-12,14,33H2,1-3H3,(H,36,38)(H,39,45)(H,40,48)(H,41,46)(H,42,47)(H,49,50)(H4,34,35,37)/t20-,21-,22-,23-,24-/m0/s1. The molecule has 0 saturated heterocycles. The first-order chi connectivity index (χ1) is 25.0. The number of hydrogen-bond donors (Lipinski definition) is 10. The Balaban J connectivity index is 2.44. The molecule has 2 aromatic rings. The Labute approximate surface area is 310 Å². The van der Waals surface area contributed by atoms with Crippen LogP contribution in [0.4, 0.5) is 5.69 Å². The smallest absolute Gasteiger partial charge is 0.326 e. The van der Waals surface area contributed by atoms with Crippen LogP contribution >= 0.6 is 11.8 Å². The van der Waals surface area contributed by atoms with E-state index >= 15 is 0 Å². The molecular weight excluding hydrogens is 714 g/mol. The summed E-state index contributed by atoms with van der Waals surface area (Å²) in [6.07, 6.45) is 4.78. The van der Waals surface area contributed by atoms with Crippen LogP contribution in [0.1, 0.15) is 50.8 Å². The minimum atomic E-state index is -1.49. The molecule has 0 saturated carbocycles. The number of nitrogens with one attached hydrogen (secondary N) is 5. The summed E-state index contributed by atoms with van der Waals surface area (Å²) in [5, 5.41) is 41.5. The van der Waals surface area contributed by atoms with Gasteiger partial charge in [0, 0.05) is 37.3 Å². The molecule has 0 spiro atoms. The minimum absolute atomic E-state index is 0.0217. The molecule has 0 aliphatic heterocycles. The molecular formula is C32H49N11O9S. The van der Waals surface area contributed by atoms with Crippen LogP contribution in [0.15, 0.2) is 35.7 Å². The number of H-pyrrole nitrogens is 1. The number of nitrogens with two attached hydrogens (primary N) is 3. The molecule has 20 nitrogen and oxygen atoms in total. The molecule has 0 aliphatic carbocycles. The van der Waals surface area contributed by atoms with Crippen molar-refractivity contribution >= 4 is 53.0 Å². The van der Waals surface area contributed by atoms with E-state index in [1.807, 2.05) is 6.26 Å². The fourth-order valence-electron chi connectivity index (χ4n) is 5.05. The minimum Gasteiger partial charge on any atom is -0.502 e. The lowest BCUT2D eigenvalue weighted by Gasteiger charge is -2.27. The summed E-state index contributed by atoms with van der Waals surface area (Å²) < 4.78 is 0. The van der Waals surface area contributed by atoms with Crippen LogP contribution in [0.5, 0.6) is 5.75 Å². The topological polar surface area (TPSA) is 336 Å². The normalized spacial score (nSPS) is 13.8. The first kappa shape index (κ1) is 43.7. The Morgan fingerprint density at radius 2 is 1.58 bits per heavy atom. The number of rotatable bonds is 23. The van der Waals surface area contributed by atoms with Crippen LogP contribution in [-0.2, 0) is 36.8 Å².